The number of anilines is 1. The van der Waals surface area contributed by atoms with Crippen molar-refractivity contribution in [3.05, 3.63) is 87.9 Å². The summed E-state index contributed by atoms with van der Waals surface area (Å²) in [5.41, 5.74) is 9.21. The Morgan fingerprint density at radius 3 is 2.40 bits per heavy atom. The molecule has 224 valence electrons. The second-order valence-corrected chi connectivity index (χ2v) is 10.8. The Labute approximate surface area is 249 Å². The van der Waals surface area contributed by atoms with E-state index < -0.39 is 17.6 Å². The highest BCUT2D eigenvalue weighted by Crippen LogP contribution is 2.37. The summed E-state index contributed by atoms with van der Waals surface area (Å²) in [5, 5.41) is 2.73. The van der Waals surface area contributed by atoms with E-state index in [1.165, 1.54) is 0 Å². The number of rotatable bonds is 9. The molecule has 42 heavy (non-hydrogen) atoms. The average Bonchev–Trinajstić information content (AvgIpc) is 2.99. The summed E-state index contributed by atoms with van der Waals surface area (Å²) >= 11 is 6.14. The highest BCUT2D eigenvalue weighted by Gasteiger charge is 2.35. The molecule has 1 heterocycles. The van der Waals surface area contributed by atoms with Gasteiger partial charge in [0.2, 0.25) is 0 Å². The van der Waals surface area contributed by atoms with Gasteiger partial charge >= 0.3 is 6.18 Å². The third kappa shape index (κ3) is 6.73. The van der Waals surface area contributed by atoms with Crippen LogP contribution in [0.4, 0.5) is 18.9 Å². The maximum atomic E-state index is 13.7. The molecule has 10 heteroatoms. The molecule has 1 saturated heterocycles. The zero-order chi connectivity index (χ0) is 30.4. The van der Waals surface area contributed by atoms with E-state index in [1.54, 1.807) is 4.90 Å². The van der Waals surface area contributed by atoms with E-state index >= 15 is 0 Å². The minimum Gasteiger partial charge on any atom is -0.364 e. The Bertz CT molecular complexity index is 1410. The summed E-state index contributed by atoms with van der Waals surface area (Å²) in [6.45, 7) is 5.83. The van der Waals surface area contributed by atoms with Gasteiger partial charge in [0, 0.05) is 38.8 Å². The summed E-state index contributed by atoms with van der Waals surface area (Å²) in [4.78, 5) is 30.9. The van der Waals surface area contributed by atoms with Gasteiger partial charge in [-0.15, -0.1) is 0 Å². The minimum absolute atomic E-state index is 0.0345. The molecule has 1 aliphatic heterocycles. The van der Waals surface area contributed by atoms with Crippen molar-refractivity contribution in [2.45, 2.75) is 45.3 Å². The molecule has 0 aromatic heterocycles. The third-order valence-corrected chi connectivity index (χ3v) is 7.92. The largest absolute Gasteiger partial charge is 0.416 e. The number of carbonyl (C=O) groups excluding carboxylic acids is 2. The molecular formula is C32H36ClF3N4O2. The fourth-order valence-electron chi connectivity index (χ4n) is 5.54. The van der Waals surface area contributed by atoms with Gasteiger partial charge < -0.3 is 20.9 Å². The van der Waals surface area contributed by atoms with Crippen LogP contribution < -0.4 is 16.0 Å². The maximum Gasteiger partial charge on any atom is 0.416 e. The van der Waals surface area contributed by atoms with Crippen molar-refractivity contribution in [2.75, 3.05) is 37.6 Å². The summed E-state index contributed by atoms with van der Waals surface area (Å²) in [7, 11) is 0. The van der Waals surface area contributed by atoms with E-state index in [0.29, 0.717) is 51.1 Å². The molecule has 3 N–H and O–H groups in total. The molecule has 1 atom stereocenters. The molecule has 0 spiro atoms. The Kier molecular flexibility index (Phi) is 10.2. The van der Waals surface area contributed by atoms with Crippen molar-refractivity contribution in [2.24, 2.45) is 5.73 Å². The van der Waals surface area contributed by atoms with Gasteiger partial charge in [-0.3, -0.25) is 9.59 Å². The lowest BCUT2D eigenvalue weighted by molar-refractivity contribution is -0.137. The van der Waals surface area contributed by atoms with Gasteiger partial charge in [0.05, 0.1) is 27.4 Å². The van der Waals surface area contributed by atoms with Gasteiger partial charge in [0.1, 0.15) is 0 Å². The monoisotopic (exact) mass is 600 g/mol. The number of carbonyl (C=O) groups is 2. The van der Waals surface area contributed by atoms with Crippen LogP contribution in [0.1, 0.15) is 58.5 Å². The van der Waals surface area contributed by atoms with Crippen molar-refractivity contribution in [3.8, 4) is 11.1 Å². The molecule has 2 amide bonds. The highest BCUT2D eigenvalue weighted by atomic mass is 35.5. The fraction of sp³-hybridized carbons (Fsp3) is 0.375. The standard InChI is InChI=1S/C32H36ClF3N4O2/c1-3-8-25-24(21-9-6-5-7-10-21)13-14-28(29(25)30(41)38-16-15-37)40-18-17-39(20-23(40)4-2)31(42)26-12-11-22(19-27(26)33)32(34,35)36/h5-7,9-14,19,23H,3-4,8,15-18,20,37H2,1-2H3,(H,38,41)/t23-/m1/s1. The molecule has 1 fully saturated rings. The predicted molar refractivity (Wildman–Crippen MR) is 161 cm³/mol. The van der Waals surface area contributed by atoms with E-state index in [9.17, 15) is 22.8 Å². The van der Waals surface area contributed by atoms with Crippen LogP contribution >= 0.6 is 11.6 Å². The second kappa shape index (κ2) is 13.6. The molecule has 1 aliphatic rings. The number of halogens is 4. The van der Waals surface area contributed by atoms with E-state index in [4.69, 9.17) is 17.3 Å². The highest BCUT2D eigenvalue weighted by molar-refractivity contribution is 6.33. The van der Waals surface area contributed by atoms with Gasteiger partial charge in [-0.2, -0.15) is 13.2 Å². The van der Waals surface area contributed by atoms with Crippen molar-refractivity contribution in [1.29, 1.82) is 0 Å². The Morgan fingerprint density at radius 1 is 1.05 bits per heavy atom. The number of nitrogens with zero attached hydrogens (tertiary/aromatic N) is 2. The summed E-state index contributed by atoms with van der Waals surface area (Å²) in [5.74, 6) is -0.611. The zero-order valence-corrected chi connectivity index (χ0v) is 24.6. The number of alkyl halides is 3. The van der Waals surface area contributed by atoms with E-state index in [0.717, 1.165) is 47.0 Å². The van der Waals surface area contributed by atoms with Crippen LogP contribution in [0.15, 0.2) is 60.7 Å². The van der Waals surface area contributed by atoms with Crippen molar-refractivity contribution < 1.29 is 22.8 Å². The number of hydrogen-bond acceptors (Lipinski definition) is 4. The van der Waals surface area contributed by atoms with E-state index in [-0.39, 0.29) is 22.5 Å². The molecule has 3 aromatic carbocycles. The molecule has 0 aliphatic carbocycles. The molecule has 0 unspecified atom stereocenters. The van der Waals surface area contributed by atoms with Crippen LogP contribution in [-0.4, -0.2) is 55.5 Å². The van der Waals surface area contributed by atoms with Gasteiger partial charge in [-0.05, 0) is 53.8 Å². The number of piperazine rings is 1. The molecule has 0 radical (unpaired) electrons. The Morgan fingerprint density at radius 2 is 1.79 bits per heavy atom. The summed E-state index contributed by atoms with van der Waals surface area (Å²) in [6.07, 6.45) is -2.33. The first-order valence-corrected chi connectivity index (χ1v) is 14.6. The second-order valence-electron chi connectivity index (χ2n) is 10.3. The van der Waals surface area contributed by atoms with Gasteiger partial charge in [-0.1, -0.05) is 68.3 Å². The van der Waals surface area contributed by atoms with E-state index in [1.807, 2.05) is 43.3 Å². The van der Waals surface area contributed by atoms with Crippen LogP contribution in [0.5, 0.6) is 0 Å². The number of nitrogens with two attached hydrogens (primary N) is 1. The molecule has 4 rings (SSSR count). The first-order chi connectivity index (χ1) is 20.1. The minimum atomic E-state index is -4.55. The SMILES string of the molecule is CCCc1c(-c2ccccc2)ccc(N2CCN(C(=O)c3ccc(C(F)(F)F)cc3Cl)C[C@H]2CC)c1C(=O)NCCN. The molecule has 3 aromatic rings. The lowest BCUT2D eigenvalue weighted by Crippen LogP contribution is -2.55. The average molecular weight is 601 g/mol. The first kappa shape index (κ1) is 31.4. The fourth-order valence-corrected chi connectivity index (χ4v) is 5.80. The zero-order valence-electron chi connectivity index (χ0n) is 23.8. The number of benzene rings is 3. The van der Waals surface area contributed by atoms with Gasteiger partial charge in [-0.25, -0.2) is 0 Å². The normalized spacial score (nSPS) is 15.5. The Balaban J connectivity index is 1.69. The molecule has 0 bridgehead atoms. The van der Waals surface area contributed by atoms with Crippen molar-refractivity contribution >= 4 is 29.1 Å². The van der Waals surface area contributed by atoms with E-state index in [2.05, 4.69) is 23.2 Å². The van der Waals surface area contributed by atoms with Crippen molar-refractivity contribution in [3.63, 3.8) is 0 Å². The summed E-state index contributed by atoms with van der Waals surface area (Å²) < 4.78 is 39.4. The van der Waals surface area contributed by atoms with Gasteiger partial charge in [0.25, 0.3) is 11.8 Å². The maximum absolute atomic E-state index is 13.7. The van der Waals surface area contributed by atoms with Crippen molar-refractivity contribution in [1.82, 2.24) is 10.2 Å². The quantitative estimate of drug-likeness (QED) is 0.298. The van der Waals surface area contributed by atoms with Gasteiger partial charge in [0.15, 0.2) is 0 Å². The lowest BCUT2D eigenvalue weighted by atomic mass is 9.89. The van der Waals surface area contributed by atoms with Crippen LogP contribution in [-0.2, 0) is 12.6 Å². The number of hydrogen-bond donors (Lipinski definition) is 2. The Hall–Kier alpha value is -3.56. The number of nitrogens with one attached hydrogen (secondary N) is 1. The molecule has 6 nitrogen and oxygen atoms in total. The van der Waals surface area contributed by atoms with Crippen LogP contribution in [0.2, 0.25) is 5.02 Å². The smallest absolute Gasteiger partial charge is 0.364 e. The lowest BCUT2D eigenvalue weighted by Gasteiger charge is -2.43. The van der Waals surface area contributed by atoms with Crippen LogP contribution in [0.3, 0.4) is 0 Å². The topological polar surface area (TPSA) is 78.7 Å². The van der Waals surface area contributed by atoms with Crippen LogP contribution in [0.25, 0.3) is 11.1 Å². The summed E-state index contributed by atoms with van der Waals surface area (Å²) in [6, 6.07) is 16.7. The predicted octanol–water partition coefficient (Wildman–Crippen LogP) is 6.41. The van der Waals surface area contributed by atoms with Crippen LogP contribution in [0, 0.1) is 0 Å². The number of amides is 2. The third-order valence-electron chi connectivity index (χ3n) is 7.61. The first-order valence-electron chi connectivity index (χ1n) is 14.2. The molecule has 0 saturated carbocycles. The molecular weight excluding hydrogens is 565 g/mol.